The van der Waals surface area contributed by atoms with Crippen LogP contribution < -0.4 is 5.73 Å². The molecule has 1 rings (SSSR count). The minimum atomic E-state index is -2.67. The zero-order chi connectivity index (χ0) is 10.7. The van der Waals surface area contributed by atoms with Crippen LogP contribution in [0.2, 0.25) is 0 Å². The van der Waals surface area contributed by atoms with Gasteiger partial charge < -0.3 is 5.73 Å². The molecule has 0 spiro atoms. The number of nitrogens with two attached hydrogens (primary N) is 1. The van der Waals surface area contributed by atoms with Crippen LogP contribution in [0.25, 0.3) is 0 Å². The lowest BCUT2D eigenvalue weighted by Gasteiger charge is -2.07. The molecule has 0 radical (unpaired) electrons. The summed E-state index contributed by atoms with van der Waals surface area (Å²) in [4.78, 5) is 3.77. The van der Waals surface area contributed by atoms with Crippen LogP contribution in [0.4, 0.5) is 8.78 Å². The molecule has 0 unspecified atom stereocenters. The number of nitriles is 1. The number of nitrogens with zero attached hydrogens (tertiary/aromatic N) is 2. The van der Waals surface area contributed by atoms with Crippen molar-refractivity contribution in [3.05, 3.63) is 27.5 Å². The van der Waals surface area contributed by atoms with Crippen LogP contribution in [-0.2, 0) is 6.54 Å². The molecule has 0 aliphatic rings. The Bertz CT molecular complexity index is 387. The average molecular weight is 262 g/mol. The van der Waals surface area contributed by atoms with Gasteiger partial charge in [0.15, 0.2) is 0 Å². The minimum absolute atomic E-state index is 0.0794. The van der Waals surface area contributed by atoms with E-state index in [2.05, 4.69) is 20.9 Å². The summed E-state index contributed by atoms with van der Waals surface area (Å²) in [5.74, 6) is 0. The maximum absolute atomic E-state index is 12.4. The van der Waals surface area contributed by atoms with Gasteiger partial charge in [-0.3, -0.25) is 0 Å². The summed E-state index contributed by atoms with van der Waals surface area (Å²) in [7, 11) is 0. The quantitative estimate of drug-likeness (QED) is 0.830. The third kappa shape index (κ3) is 2.05. The van der Waals surface area contributed by atoms with Crippen molar-refractivity contribution >= 4 is 15.9 Å². The first-order valence-electron chi connectivity index (χ1n) is 3.67. The third-order valence-corrected chi connectivity index (χ3v) is 2.24. The number of hydrogen-bond donors (Lipinski definition) is 1. The number of alkyl halides is 2. The van der Waals surface area contributed by atoms with Crippen LogP contribution in [0, 0.1) is 11.3 Å². The Kier molecular flexibility index (Phi) is 3.49. The monoisotopic (exact) mass is 261 g/mol. The third-order valence-electron chi connectivity index (χ3n) is 1.64. The zero-order valence-corrected chi connectivity index (χ0v) is 8.55. The molecule has 1 heterocycles. The summed E-state index contributed by atoms with van der Waals surface area (Å²) in [5, 5.41) is 8.59. The number of pyridine rings is 1. The fourth-order valence-corrected chi connectivity index (χ4v) is 1.39. The van der Waals surface area contributed by atoms with Gasteiger partial charge in [0, 0.05) is 12.1 Å². The number of hydrogen-bond acceptors (Lipinski definition) is 3. The zero-order valence-electron chi connectivity index (χ0n) is 6.97. The first-order chi connectivity index (χ1) is 6.60. The van der Waals surface area contributed by atoms with E-state index in [-0.39, 0.29) is 28.0 Å². The summed E-state index contributed by atoms with van der Waals surface area (Å²) in [6.07, 6.45) is -2.67. The van der Waals surface area contributed by atoms with Gasteiger partial charge in [0.1, 0.15) is 10.7 Å². The van der Waals surface area contributed by atoms with Crippen molar-refractivity contribution in [2.24, 2.45) is 5.73 Å². The summed E-state index contributed by atoms with van der Waals surface area (Å²) in [6, 6.07) is 2.86. The lowest BCUT2D eigenvalue weighted by molar-refractivity contribution is 0.149. The van der Waals surface area contributed by atoms with Crippen LogP contribution in [0.1, 0.15) is 23.2 Å². The van der Waals surface area contributed by atoms with Crippen LogP contribution >= 0.6 is 15.9 Å². The second kappa shape index (κ2) is 4.44. The molecule has 0 saturated heterocycles. The topological polar surface area (TPSA) is 62.7 Å². The van der Waals surface area contributed by atoms with Gasteiger partial charge in [-0.25, -0.2) is 13.8 Å². The van der Waals surface area contributed by atoms with Crippen molar-refractivity contribution in [2.45, 2.75) is 13.0 Å². The molecule has 0 aromatic carbocycles. The van der Waals surface area contributed by atoms with Crippen LogP contribution in [-0.4, -0.2) is 4.98 Å². The van der Waals surface area contributed by atoms with Crippen molar-refractivity contribution in [2.75, 3.05) is 0 Å². The molecular weight excluding hydrogens is 256 g/mol. The van der Waals surface area contributed by atoms with Gasteiger partial charge in [0.25, 0.3) is 6.43 Å². The highest BCUT2D eigenvalue weighted by atomic mass is 79.9. The predicted octanol–water partition coefficient (Wildman–Crippen LogP) is 2.11. The second-order valence-corrected chi connectivity index (χ2v) is 3.23. The molecule has 0 saturated carbocycles. The molecule has 0 fully saturated rings. The molecule has 1 aromatic heterocycles. The molecule has 2 N–H and O–H groups in total. The average Bonchev–Trinajstić information content (AvgIpc) is 2.16. The first kappa shape index (κ1) is 11.0. The molecule has 0 bridgehead atoms. The Morgan fingerprint density at radius 1 is 1.64 bits per heavy atom. The fourth-order valence-electron chi connectivity index (χ4n) is 0.972. The van der Waals surface area contributed by atoms with Crippen molar-refractivity contribution in [1.82, 2.24) is 4.98 Å². The largest absolute Gasteiger partial charge is 0.325 e. The Balaban J connectivity index is 3.34. The number of rotatable bonds is 2. The van der Waals surface area contributed by atoms with Gasteiger partial charge in [0.05, 0.1) is 11.3 Å². The Labute approximate surface area is 87.7 Å². The van der Waals surface area contributed by atoms with Crippen LogP contribution in [0.15, 0.2) is 10.7 Å². The Hall–Kier alpha value is -1.06. The van der Waals surface area contributed by atoms with Crippen molar-refractivity contribution in [3.63, 3.8) is 0 Å². The van der Waals surface area contributed by atoms with E-state index in [1.807, 2.05) is 0 Å². The van der Waals surface area contributed by atoms with E-state index in [0.29, 0.717) is 0 Å². The second-order valence-electron chi connectivity index (χ2n) is 2.48. The van der Waals surface area contributed by atoms with Crippen LogP contribution in [0.5, 0.6) is 0 Å². The van der Waals surface area contributed by atoms with Gasteiger partial charge in [-0.1, -0.05) is 0 Å². The van der Waals surface area contributed by atoms with Crippen molar-refractivity contribution in [3.8, 4) is 6.07 Å². The lowest BCUT2D eigenvalue weighted by Crippen LogP contribution is -2.06. The van der Waals surface area contributed by atoms with E-state index in [4.69, 9.17) is 11.0 Å². The van der Waals surface area contributed by atoms with E-state index in [1.165, 1.54) is 0 Å². The predicted molar refractivity (Wildman–Crippen MR) is 49.5 cm³/mol. The van der Waals surface area contributed by atoms with E-state index in [0.717, 1.165) is 6.07 Å². The molecule has 0 aliphatic heterocycles. The smallest absolute Gasteiger partial charge is 0.265 e. The van der Waals surface area contributed by atoms with E-state index in [9.17, 15) is 8.78 Å². The van der Waals surface area contributed by atoms with Gasteiger partial charge in [-0.2, -0.15) is 5.26 Å². The maximum Gasteiger partial charge on any atom is 0.265 e. The number of halogens is 3. The summed E-state index contributed by atoms with van der Waals surface area (Å²) >= 11 is 3.00. The molecule has 0 aliphatic carbocycles. The summed E-state index contributed by atoms with van der Waals surface area (Å²) in [5.41, 5.74) is 5.15. The molecular formula is C8H6BrF2N3. The lowest BCUT2D eigenvalue weighted by atomic mass is 10.1. The molecule has 1 aromatic rings. The van der Waals surface area contributed by atoms with E-state index < -0.39 is 6.43 Å². The molecule has 0 atom stereocenters. The van der Waals surface area contributed by atoms with Crippen molar-refractivity contribution < 1.29 is 8.78 Å². The Morgan fingerprint density at radius 2 is 2.29 bits per heavy atom. The first-order valence-corrected chi connectivity index (χ1v) is 4.47. The van der Waals surface area contributed by atoms with Gasteiger partial charge >= 0.3 is 0 Å². The molecule has 14 heavy (non-hydrogen) atoms. The SMILES string of the molecule is N#Cc1cc(C(F)F)c(CN)nc1Br. The number of aromatic nitrogens is 1. The molecule has 6 heteroatoms. The van der Waals surface area contributed by atoms with Gasteiger partial charge in [0.2, 0.25) is 0 Å². The molecule has 0 amide bonds. The molecule has 74 valence electrons. The summed E-state index contributed by atoms with van der Waals surface area (Å²) < 4.78 is 25.1. The minimum Gasteiger partial charge on any atom is -0.325 e. The van der Waals surface area contributed by atoms with Crippen LogP contribution in [0.3, 0.4) is 0 Å². The van der Waals surface area contributed by atoms with E-state index >= 15 is 0 Å². The van der Waals surface area contributed by atoms with Gasteiger partial charge in [-0.15, -0.1) is 0 Å². The van der Waals surface area contributed by atoms with E-state index in [1.54, 1.807) is 6.07 Å². The normalized spacial score (nSPS) is 10.3. The highest BCUT2D eigenvalue weighted by molar-refractivity contribution is 9.10. The fraction of sp³-hybridized carbons (Fsp3) is 0.250. The maximum atomic E-state index is 12.4. The van der Waals surface area contributed by atoms with Crippen molar-refractivity contribution in [1.29, 1.82) is 5.26 Å². The Morgan fingerprint density at radius 3 is 2.71 bits per heavy atom. The standard InChI is InChI=1S/C8H6BrF2N3/c9-7-4(2-12)1-5(8(10)11)6(3-13)14-7/h1,8H,3,13H2. The summed E-state index contributed by atoms with van der Waals surface area (Å²) in [6.45, 7) is -0.0794. The van der Waals surface area contributed by atoms with Gasteiger partial charge in [-0.05, 0) is 22.0 Å². The highest BCUT2D eigenvalue weighted by Crippen LogP contribution is 2.25. The highest BCUT2D eigenvalue weighted by Gasteiger charge is 2.16. The molecule has 3 nitrogen and oxygen atoms in total.